The zero-order chi connectivity index (χ0) is 23.3. The fourth-order valence-electron chi connectivity index (χ4n) is 3.38. The number of hydrogen-bond donors (Lipinski definition) is 2. The molecule has 0 aliphatic carbocycles. The zero-order valence-electron chi connectivity index (χ0n) is 18.1. The van der Waals surface area contributed by atoms with E-state index in [1.54, 1.807) is 31.2 Å². The zero-order valence-corrected chi connectivity index (χ0v) is 19.7. The Bertz CT molecular complexity index is 1000. The number of thiocarbonyl (C=S) groups is 1. The predicted octanol–water partition coefficient (Wildman–Crippen LogP) is 3.15. The molecule has 170 valence electrons. The van der Waals surface area contributed by atoms with Crippen LogP contribution < -0.4 is 25.0 Å². The van der Waals surface area contributed by atoms with Crippen LogP contribution in [-0.2, 0) is 4.79 Å². The van der Waals surface area contributed by atoms with Crippen LogP contribution in [0.4, 0.5) is 11.4 Å². The Morgan fingerprint density at radius 1 is 1.00 bits per heavy atom. The minimum atomic E-state index is -0.397. The number of anilines is 2. The molecule has 2 aromatic rings. The van der Waals surface area contributed by atoms with Crippen LogP contribution >= 0.6 is 23.8 Å². The van der Waals surface area contributed by atoms with Gasteiger partial charge in [0, 0.05) is 50.4 Å². The van der Waals surface area contributed by atoms with Gasteiger partial charge in [-0.15, -0.1) is 0 Å². The third-order valence-corrected chi connectivity index (χ3v) is 5.62. The highest BCUT2D eigenvalue weighted by atomic mass is 35.5. The molecule has 0 spiro atoms. The molecule has 1 saturated heterocycles. The predicted molar refractivity (Wildman–Crippen MR) is 129 cm³/mol. The third kappa shape index (κ3) is 5.80. The van der Waals surface area contributed by atoms with Crippen molar-refractivity contribution in [1.82, 2.24) is 10.2 Å². The molecule has 2 N–H and O–H groups in total. The van der Waals surface area contributed by atoms with Crippen molar-refractivity contribution in [3.05, 3.63) is 47.0 Å². The fraction of sp³-hybridized carbons (Fsp3) is 0.318. The second-order valence-corrected chi connectivity index (χ2v) is 7.98. The number of ether oxygens (including phenoxy) is 2. The van der Waals surface area contributed by atoms with Gasteiger partial charge in [0.2, 0.25) is 5.91 Å². The third-order valence-electron chi connectivity index (χ3n) is 5.11. The lowest BCUT2D eigenvalue weighted by atomic mass is 10.2. The van der Waals surface area contributed by atoms with E-state index >= 15 is 0 Å². The molecule has 1 aliphatic rings. The summed E-state index contributed by atoms with van der Waals surface area (Å²) in [5.41, 5.74) is 1.89. The number of benzene rings is 2. The second-order valence-electron chi connectivity index (χ2n) is 7.17. The van der Waals surface area contributed by atoms with E-state index in [0.717, 1.165) is 5.69 Å². The molecule has 0 saturated carbocycles. The minimum Gasteiger partial charge on any atom is -0.497 e. The van der Waals surface area contributed by atoms with Crippen LogP contribution in [0.15, 0.2) is 36.4 Å². The first-order valence-corrected chi connectivity index (χ1v) is 10.7. The average Bonchev–Trinajstić information content (AvgIpc) is 2.78. The van der Waals surface area contributed by atoms with Crippen LogP contribution in [0, 0.1) is 0 Å². The standard InChI is InChI=1S/C22H25ClN4O4S/c1-14(28)26-6-8-27(9-7-26)20-5-4-16(12-19(20)23)24-22(32)25-21(29)15-10-17(30-2)13-18(11-15)31-3/h4-5,10-13H,6-9H2,1-3H3,(H2,24,25,29,32). The molecule has 0 radical (unpaired) electrons. The van der Waals surface area contributed by atoms with Gasteiger partial charge in [-0.3, -0.25) is 14.9 Å². The number of amides is 2. The molecular weight excluding hydrogens is 452 g/mol. The van der Waals surface area contributed by atoms with Crippen molar-refractivity contribution < 1.29 is 19.1 Å². The number of nitrogens with zero attached hydrogens (tertiary/aromatic N) is 2. The van der Waals surface area contributed by atoms with E-state index in [9.17, 15) is 9.59 Å². The van der Waals surface area contributed by atoms with E-state index in [-0.39, 0.29) is 11.0 Å². The van der Waals surface area contributed by atoms with Crippen molar-refractivity contribution in [3.8, 4) is 11.5 Å². The summed E-state index contributed by atoms with van der Waals surface area (Å²) >= 11 is 11.8. The normalized spacial score (nSPS) is 13.4. The van der Waals surface area contributed by atoms with Gasteiger partial charge in [0.05, 0.1) is 24.9 Å². The van der Waals surface area contributed by atoms with Crippen molar-refractivity contribution in [2.45, 2.75) is 6.92 Å². The SMILES string of the molecule is COc1cc(OC)cc(C(=O)NC(=S)Nc2ccc(N3CCN(C(C)=O)CC3)c(Cl)c2)c1. The van der Waals surface area contributed by atoms with Crippen LogP contribution in [0.1, 0.15) is 17.3 Å². The number of rotatable bonds is 5. The Hall–Kier alpha value is -3.04. The number of piperazine rings is 1. The van der Waals surface area contributed by atoms with Gasteiger partial charge in [-0.25, -0.2) is 0 Å². The van der Waals surface area contributed by atoms with Gasteiger partial charge in [0.1, 0.15) is 11.5 Å². The molecule has 0 bridgehead atoms. The molecule has 10 heteroatoms. The van der Waals surface area contributed by atoms with Gasteiger partial charge in [-0.2, -0.15) is 0 Å². The summed E-state index contributed by atoms with van der Waals surface area (Å²) in [6.07, 6.45) is 0. The maximum Gasteiger partial charge on any atom is 0.257 e. The van der Waals surface area contributed by atoms with Crippen LogP contribution in [0.25, 0.3) is 0 Å². The summed E-state index contributed by atoms with van der Waals surface area (Å²) in [5.74, 6) is 0.684. The highest BCUT2D eigenvalue weighted by Crippen LogP contribution is 2.30. The van der Waals surface area contributed by atoms with Crippen molar-refractivity contribution in [2.24, 2.45) is 0 Å². The topological polar surface area (TPSA) is 83.1 Å². The average molecular weight is 477 g/mol. The lowest BCUT2D eigenvalue weighted by Crippen LogP contribution is -2.48. The molecule has 1 aliphatic heterocycles. The summed E-state index contributed by atoms with van der Waals surface area (Å²) in [4.78, 5) is 28.0. The van der Waals surface area contributed by atoms with Crippen LogP contribution in [0.5, 0.6) is 11.5 Å². The Morgan fingerprint density at radius 3 is 2.16 bits per heavy atom. The van der Waals surface area contributed by atoms with E-state index in [4.69, 9.17) is 33.3 Å². The molecule has 2 amide bonds. The molecule has 1 fully saturated rings. The molecule has 2 aromatic carbocycles. The highest BCUT2D eigenvalue weighted by molar-refractivity contribution is 7.80. The Labute approximate surface area is 197 Å². The first-order chi connectivity index (χ1) is 15.3. The molecule has 1 heterocycles. The number of carbonyl (C=O) groups excluding carboxylic acids is 2. The minimum absolute atomic E-state index is 0.0817. The van der Waals surface area contributed by atoms with Crippen molar-refractivity contribution in [1.29, 1.82) is 0 Å². The van der Waals surface area contributed by atoms with Crippen molar-refractivity contribution >= 4 is 52.1 Å². The maximum absolute atomic E-state index is 12.6. The van der Waals surface area contributed by atoms with Crippen LogP contribution in [-0.4, -0.2) is 62.2 Å². The van der Waals surface area contributed by atoms with Gasteiger partial charge in [0.25, 0.3) is 5.91 Å². The fourth-order valence-corrected chi connectivity index (χ4v) is 3.89. The van der Waals surface area contributed by atoms with Gasteiger partial charge in [0.15, 0.2) is 5.11 Å². The van der Waals surface area contributed by atoms with E-state index < -0.39 is 5.91 Å². The summed E-state index contributed by atoms with van der Waals surface area (Å²) in [6, 6.07) is 10.4. The summed E-state index contributed by atoms with van der Waals surface area (Å²) in [7, 11) is 3.03. The van der Waals surface area contributed by atoms with Crippen molar-refractivity contribution in [2.75, 3.05) is 50.6 Å². The maximum atomic E-state index is 12.6. The Kier molecular flexibility index (Phi) is 7.76. The van der Waals surface area contributed by atoms with Crippen LogP contribution in [0.3, 0.4) is 0 Å². The van der Waals surface area contributed by atoms with Crippen LogP contribution in [0.2, 0.25) is 5.02 Å². The molecule has 0 atom stereocenters. The van der Waals surface area contributed by atoms with E-state index in [2.05, 4.69) is 15.5 Å². The molecule has 3 rings (SSSR count). The number of hydrogen-bond acceptors (Lipinski definition) is 6. The smallest absolute Gasteiger partial charge is 0.257 e. The molecule has 0 unspecified atom stereocenters. The number of nitrogens with one attached hydrogen (secondary N) is 2. The highest BCUT2D eigenvalue weighted by Gasteiger charge is 2.20. The van der Waals surface area contributed by atoms with E-state index in [1.807, 2.05) is 17.0 Å². The van der Waals surface area contributed by atoms with Gasteiger partial charge in [-0.1, -0.05) is 11.6 Å². The first-order valence-electron chi connectivity index (χ1n) is 9.96. The first kappa shape index (κ1) is 23.6. The largest absolute Gasteiger partial charge is 0.497 e. The Balaban J connectivity index is 1.62. The molecule has 32 heavy (non-hydrogen) atoms. The van der Waals surface area contributed by atoms with Gasteiger partial charge >= 0.3 is 0 Å². The lowest BCUT2D eigenvalue weighted by molar-refractivity contribution is -0.129. The number of carbonyl (C=O) groups is 2. The quantitative estimate of drug-likeness (QED) is 0.641. The summed E-state index contributed by atoms with van der Waals surface area (Å²) in [5, 5.41) is 6.30. The van der Waals surface area contributed by atoms with Crippen molar-refractivity contribution in [3.63, 3.8) is 0 Å². The van der Waals surface area contributed by atoms with Gasteiger partial charge < -0.3 is 24.6 Å². The molecular formula is C22H25ClN4O4S. The van der Waals surface area contributed by atoms with Gasteiger partial charge in [-0.05, 0) is 42.5 Å². The van der Waals surface area contributed by atoms with E-state index in [0.29, 0.717) is 54.0 Å². The Morgan fingerprint density at radius 2 is 1.62 bits per heavy atom. The number of methoxy groups -OCH3 is 2. The monoisotopic (exact) mass is 476 g/mol. The van der Waals surface area contributed by atoms with E-state index in [1.165, 1.54) is 14.2 Å². The summed E-state index contributed by atoms with van der Waals surface area (Å²) < 4.78 is 10.4. The second kappa shape index (κ2) is 10.5. The summed E-state index contributed by atoms with van der Waals surface area (Å²) in [6.45, 7) is 4.33. The molecule has 8 nitrogen and oxygen atoms in total. The molecule has 0 aromatic heterocycles. The lowest BCUT2D eigenvalue weighted by Gasteiger charge is -2.36. The number of halogens is 1.